The highest BCUT2D eigenvalue weighted by atomic mass is 32.2. The highest BCUT2D eigenvalue weighted by Crippen LogP contribution is 2.33. The van der Waals surface area contributed by atoms with Gasteiger partial charge in [-0.25, -0.2) is 0 Å². The molecule has 82 valence electrons. The Hall–Kier alpha value is -0.990. The maximum atomic E-state index is 6.22. The minimum absolute atomic E-state index is 0.217. The van der Waals surface area contributed by atoms with Crippen molar-refractivity contribution >= 4 is 22.5 Å². The molecule has 0 amide bonds. The average molecular weight is 229 g/mol. The van der Waals surface area contributed by atoms with Crippen LogP contribution in [0.15, 0.2) is 36.4 Å². The minimum Gasteiger partial charge on any atom is -0.324 e. The van der Waals surface area contributed by atoms with Gasteiger partial charge in [-0.3, -0.25) is 0 Å². The second kappa shape index (κ2) is 4.11. The first-order valence-corrected chi connectivity index (χ1v) is 6.85. The number of benzene rings is 2. The molecule has 0 unspecified atom stereocenters. The summed E-state index contributed by atoms with van der Waals surface area (Å²) < 4.78 is 0. The van der Waals surface area contributed by atoms with Gasteiger partial charge in [-0.15, -0.1) is 0 Å². The van der Waals surface area contributed by atoms with Gasteiger partial charge in [0.2, 0.25) is 0 Å². The molecule has 2 aromatic rings. The van der Waals surface area contributed by atoms with Gasteiger partial charge in [0, 0.05) is 11.8 Å². The van der Waals surface area contributed by atoms with E-state index in [-0.39, 0.29) is 6.04 Å². The molecule has 0 aliphatic carbocycles. The highest BCUT2D eigenvalue weighted by molar-refractivity contribution is 7.98. The molecular formula is C14H15NS. The number of rotatable bonds is 0. The standard InChI is InChI=1S/C14H15NS/c15-14-7-8-16-9-13-11-4-2-1-3-10(11)5-6-12(13)14/h1-6,14H,7-9,15H2/t14-/m0/s1. The summed E-state index contributed by atoms with van der Waals surface area (Å²) >= 11 is 2.00. The first-order chi connectivity index (χ1) is 7.86. The fourth-order valence-electron chi connectivity index (χ4n) is 2.40. The summed E-state index contributed by atoms with van der Waals surface area (Å²) in [7, 11) is 0. The van der Waals surface area contributed by atoms with Crippen molar-refractivity contribution in [3.8, 4) is 0 Å². The first kappa shape index (κ1) is 10.2. The van der Waals surface area contributed by atoms with E-state index in [0.29, 0.717) is 0 Å². The van der Waals surface area contributed by atoms with Gasteiger partial charge in [-0.2, -0.15) is 11.8 Å². The molecule has 2 aromatic carbocycles. The van der Waals surface area contributed by atoms with E-state index in [0.717, 1.165) is 12.2 Å². The Morgan fingerprint density at radius 3 is 2.94 bits per heavy atom. The molecule has 1 aliphatic rings. The number of thioether (sulfide) groups is 1. The van der Waals surface area contributed by atoms with Gasteiger partial charge in [0.1, 0.15) is 0 Å². The van der Waals surface area contributed by atoms with Crippen LogP contribution >= 0.6 is 11.8 Å². The molecule has 3 rings (SSSR count). The molecule has 0 radical (unpaired) electrons. The number of hydrogen-bond acceptors (Lipinski definition) is 2. The zero-order chi connectivity index (χ0) is 11.0. The summed E-state index contributed by atoms with van der Waals surface area (Å²) in [6, 6.07) is 13.2. The third-order valence-electron chi connectivity index (χ3n) is 3.30. The lowest BCUT2D eigenvalue weighted by Crippen LogP contribution is -2.11. The normalized spacial score (nSPS) is 20.4. The summed E-state index contributed by atoms with van der Waals surface area (Å²) in [6.45, 7) is 0. The summed E-state index contributed by atoms with van der Waals surface area (Å²) in [5.74, 6) is 2.27. The van der Waals surface area contributed by atoms with Crippen molar-refractivity contribution in [2.24, 2.45) is 5.73 Å². The molecule has 1 aliphatic heterocycles. The van der Waals surface area contributed by atoms with Crippen molar-refractivity contribution in [1.82, 2.24) is 0 Å². The van der Waals surface area contributed by atoms with Gasteiger partial charge in [-0.05, 0) is 34.1 Å². The van der Waals surface area contributed by atoms with Gasteiger partial charge in [0.25, 0.3) is 0 Å². The van der Waals surface area contributed by atoms with E-state index in [2.05, 4.69) is 36.4 Å². The van der Waals surface area contributed by atoms with E-state index >= 15 is 0 Å². The molecule has 1 nitrogen and oxygen atoms in total. The quantitative estimate of drug-likeness (QED) is 0.748. The van der Waals surface area contributed by atoms with E-state index in [1.807, 2.05) is 11.8 Å². The second-order valence-electron chi connectivity index (χ2n) is 4.30. The van der Waals surface area contributed by atoms with Crippen molar-refractivity contribution < 1.29 is 0 Å². The SMILES string of the molecule is N[C@H]1CCSCc2c1ccc1ccccc21. The lowest BCUT2D eigenvalue weighted by atomic mass is 9.95. The Bertz CT molecular complexity index is 521. The smallest absolute Gasteiger partial charge is 0.0306 e. The molecule has 0 fully saturated rings. The third-order valence-corrected chi connectivity index (χ3v) is 4.31. The molecule has 1 heterocycles. The third kappa shape index (κ3) is 1.62. The maximum absolute atomic E-state index is 6.22. The van der Waals surface area contributed by atoms with E-state index < -0.39 is 0 Å². The largest absolute Gasteiger partial charge is 0.324 e. The Balaban J connectivity index is 2.28. The summed E-state index contributed by atoms with van der Waals surface area (Å²) in [5.41, 5.74) is 9.03. The van der Waals surface area contributed by atoms with E-state index in [1.54, 1.807) is 0 Å². The van der Waals surface area contributed by atoms with Crippen LogP contribution in [0.3, 0.4) is 0 Å². The van der Waals surface area contributed by atoms with Gasteiger partial charge in [0.05, 0.1) is 0 Å². The Morgan fingerprint density at radius 1 is 1.12 bits per heavy atom. The number of hydrogen-bond donors (Lipinski definition) is 1. The van der Waals surface area contributed by atoms with Crippen LogP contribution in [0.5, 0.6) is 0 Å². The lowest BCUT2D eigenvalue weighted by molar-refractivity contribution is 0.707. The van der Waals surface area contributed by atoms with Gasteiger partial charge >= 0.3 is 0 Å². The predicted octanol–water partition coefficient (Wildman–Crippen LogP) is 3.48. The highest BCUT2D eigenvalue weighted by Gasteiger charge is 2.16. The predicted molar refractivity (Wildman–Crippen MR) is 71.7 cm³/mol. The van der Waals surface area contributed by atoms with Crippen molar-refractivity contribution in [3.05, 3.63) is 47.5 Å². The minimum atomic E-state index is 0.217. The van der Waals surface area contributed by atoms with Crippen molar-refractivity contribution in [2.45, 2.75) is 18.2 Å². The molecule has 0 saturated heterocycles. The molecule has 16 heavy (non-hydrogen) atoms. The molecule has 2 heteroatoms. The Morgan fingerprint density at radius 2 is 2.00 bits per heavy atom. The van der Waals surface area contributed by atoms with Crippen LogP contribution in [0.2, 0.25) is 0 Å². The van der Waals surface area contributed by atoms with Crippen molar-refractivity contribution in [2.75, 3.05) is 5.75 Å². The summed E-state index contributed by atoms with van der Waals surface area (Å²) in [5, 5.41) is 2.71. The van der Waals surface area contributed by atoms with Gasteiger partial charge < -0.3 is 5.73 Å². The second-order valence-corrected chi connectivity index (χ2v) is 5.41. The topological polar surface area (TPSA) is 26.0 Å². The van der Waals surface area contributed by atoms with E-state index in [9.17, 15) is 0 Å². The maximum Gasteiger partial charge on any atom is 0.0306 e. The zero-order valence-electron chi connectivity index (χ0n) is 9.15. The lowest BCUT2D eigenvalue weighted by Gasteiger charge is -2.14. The fraction of sp³-hybridized carbons (Fsp3) is 0.286. The van der Waals surface area contributed by atoms with Crippen LogP contribution in [-0.2, 0) is 5.75 Å². The molecule has 0 bridgehead atoms. The van der Waals surface area contributed by atoms with Crippen LogP contribution in [0.4, 0.5) is 0 Å². The van der Waals surface area contributed by atoms with E-state index in [1.165, 1.54) is 27.7 Å². The van der Waals surface area contributed by atoms with Crippen molar-refractivity contribution in [3.63, 3.8) is 0 Å². The van der Waals surface area contributed by atoms with Crippen LogP contribution in [0.25, 0.3) is 10.8 Å². The molecule has 0 saturated carbocycles. The van der Waals surface area contributed by atoms with Crippen LogP contribution in [0, 0.1) is 0 Å². The van der Waals surface area contributed by atoms with Crippen molar-refractivity contribution in [1.29, 1.82) is 0 Å². The van der Waals surface area contributed by atoms with Crippen LogP contribution in [0.1, 0.15) is 23.6 Å². The zero-order valence-corrected chi connectivity index (χ0v) is 9.96. The monoisotopic (exact) mass is 229 g/mol. The summed E-state index contributed by atoms with van der Waals surface area (Å²) in [4.78, 5) is 0. The van der Waals surface area contributed by atoms with Crippen LogP contribution < -0.4 is 5.73 Å². The van der Waals surface area contributed by atoms with Crippen LogP contribution in [-0.4, -0.2) is 5.75 Å². The van der Waals surface area contributed by atoms with Gasteiger partial charge in [0.15, 0.2) is 0 Å². The fourth-order valence-corrected chi connectivity index (χ4v) is 3.49. The molecule has 0 spiro atoms. The first-order valence-electron chi connectivity index (χ1n) is 5.70. The number of fused-ring (bicyclic) bond motifs is 3. The van der Waals surface area contributed by atoms with Gasteiger partial charge in [-0.1, -0.05) is 36.4 Å². The summed E-state index contributed by atoms with van der Waals surface area (Å²) in [6.07, 6.45) is 1.09. The molecule has 2 N–H and O–H groups in total. The Labute approximate surface area is 100 Å². The molecular weight excluding hydrogens is 214 g/mol. The molecule has 0 aromatic heterocycles. The molecule has 1 atom stereocenters. The Kier molecular flexibility index (Phi) is 2.62. The number of nitrogens with two attached hydrogens (primary N) is 1. The van der Waals surface area contributed by atoms with E-state index in [4.69, 9.17) is 5.73 Å². The average Bonchev–Trinajstić information content (AvgIpc) is 2.52.